The minimum absolute atomic E-state index is 0.143. The maximum Gasteiger partial charge on any atom is 0.326 e. The molecule has 0 aromatic carbocycles. The van der Waals surface area contributed by atoms with Gasteiger partial charge in [0.1, 0.15) is 6.04 Å². The predicted octanol–water partition coefficient (Wildman–Crippen LogP) is 0.0844. The van der Waals surface area contributed by atoms with E-state index >= 15 is 0 Å². The van der Waals surface area contributed by atoms with E-state index in [4.69, 9.17) is 5.11 Å². The fraction of sp³-hybridized carbons (Fsp3) is 0.600. The summed E-state index contributed by atoms with van der Waals surface area (Å²) in [6, 6.07) is 0.887. The van der Waals surface area contributed by atoms with Crippen LogP contribution in [0.15, 0.2) is 12.3 Å². The number of hydrogen-bond acceptors (Lipinski definition) is 4. The second-order valence-corrected chi connectivity index (χ2v) is 5.81. The van der Waals surface area contributed by atoms with Gasteiger partial charge in [-0.25, -0.2) is 4.79 Å². The molecule has 1 rings (SSSR count). The summed E-state index contributed by atoms with van der Waals surface area (Å²) in [4.78, 5) is 34.5. The molecule has 1 heterocycles. The number of nitrogens with zero attached hydrogens (tertiary/aromatic N) is 2. The largest absolute Gasteiger partial charge is 0.480 e. The zero-order valence-electron chi connectivity index (χ0n) is 13.7. The highest BCUT2D eigenvalue weighted by atomic mass is 16.4. The Balaban J connectivity index is 2.32. The van der Waals surface area contributed by atoms with Gasteiger partial charge in [0.2, 0.25) is 11.8 Å². The first-order valence-electron chi connectivity index (χ1n) is 7.55. The van der Waals surface area contributed by atoms with Gasteiger partial charge >= 0.3 is 5.97 Å². The lowest BCUT2D eigenvalue weighted by molar-refractivity contribution is -0.142. The van der Waals surface area contributed by atoms with E-state index in [1.807, 2.05) is 19.9 Å². The summed E-state index contributed by atoms with van der Waals surface area (Å²) in [6.45, 7) is 3.52. The minimum Gasteiger partial charge on any atom is -0.480 e. The number of nitrogens with one attached hydrogen (secondary N) is 2. The van der Waals surface area contributed by atoms with Gasteiger partial charge in [0.15, 0.2) is 0 Å². The molecule has 0 unspecified atom stereocenters. The number of aryl methyl sites for hydroxylation is 2. The average molecular weight is 324 g/mol. The molecule has 23 heavy (non-hydrogen) atoms. The van der Waals surface area contributed by atoms with E-state index in [0.29, 0.717) is 12.8 Å². The lowest BCUT2D eigenvalue weighted by Gasteiger charge is -2.16. The van der Waals surface area contributed by atoms with Crippen molar-refractivity contribution in [3.8, 4) is 0 Å². The first-order valence-corrected chi connectivity index (χ1v) is 7.55. The normalized spacial score (nSPS) is 12.0. The Bertz CT molecular complexity index is 553. The highest BCUT2D eigenvalue weighted by Crippen LogP contribution is 2.04. The maximum absolute atomic E-state index is 11.7. The number of aliphatic carboxylic acids is 1. The summed E-state index contributed by atoms with van der Waals surface area (Å²) in [5.41, 5.74) is 0.924. The molecule has 0 bridgehead atoms. The van der Waals surface area contributed by atoms with Gasteiger partial charge in [0, 0.05) is 25.4 Å². The quantitative estimate of drug-likeness (QED) is 0.595. The zero-order chi connectivity index (χ0) is 17.4. The molecule has 128 valence electrons. The highest BCUT2D eigenvalue weighted by molar-refractivity contribution is 5.87. The monoisotopic (exact) mass is 324 g/mol. The smallest absolute Gasteiger partial charge is 0.326 e. The fourth-order valence-corrected chi connectivity index (χ4v) is 2.09. The van der Waals surface area contributed by atoms with Crippen LogP contribution in [-0.4, -0.2) is 45.3 Å². The predicted molar refractivity (Wildman–Crippen MR) is 83.6 cm³/mol. The molecule has 0 fully saturated rings. The number of carbonyl (C=O) groups is 3. The van der Waals surface area contributed by atoms with E-state index in [1.54, 1.807) is 17.9 Å². The topological polar surface area (TPSA) is 113 Å². The Morgan fingerprint density at radius 3 is 2.52 bits per heavy atom. The number of carboxylic acids is 1. The van der Waals surface area contributed by atoms with Crippen LogP contribution in [0, 0.1) is 5.92 Å². The molecule has 1 aromatic rings. The van der Waals surface area contributed by atoms with Gasteiger partial charge < -0.3 is 15.7 Å². The van der Waals surface area contributed by atoms with Crippen LogP contribution in [0.5, 0.6) is 0 Å². The summed E-state index contributed by atoms with van der Waals surface area (Å²) in [5, 5.41) is 18.0. The van der Waals surface area contributed by atoms with Crippen molar-refractivity contribution in [3.05, 3.63) is 18.0 Å². The number of rotatable bonds is 9. The molecule has 0 radical (unpaired) electrons. The van der Waals surface area contributed by atoms with Crippen LogP contribution in [-0.2, 0) is 27.9 Å². The number of aromatic nitrogens is 2. The van der Waals surface area contributed by atoms with Crippen molar-refractivity contribution >= 4 is 17.8 Å². The second kappa shape index (κ2) is 8.92. The lowest BCUT2D eigenvalue weighted by Crippen LogP contribution is -2.46. The molecule has 2 amide bonds. The molecule has 0 aliphatic carbocycles. The van der Waals surface area contributed by atoms with E-state index in [1.165, 1.54) is 0 Å². The Hall–Kier alpha value is -2.38. The summed E-state index contributed by atoms with van der Waals surface area (Å²) in [5.74, 6) is -1.71. The van der Waals surface area contributed by atoms with Gasteiger partial charge in [-0.1, -0.05) is 13.8 Å². The van der Waals surface area contributed by atoms with Crippen molar-refractivity contribution in [2.75, 3.05) is 6.54 Å². The first-order chi connectivity index (χ1) is 10.8. The first kappa shape index (κ1) is 18.7. The minimum atomic E-state index is -1.07. The van der Waals surface area contributed by atoms with E-state index < -0.39 is 17.9 Å². The van der Waals surface area contributed by atoms with E-state index in [9.17, 15) is 14.4 Å². The Morgan fingerprint density at radius 1 is 1.30 bits per heavy atom. The Kier molecular flexibility index (Phi) is 7.24. The molecule has 3 N–H and O–H groups in total. The molecule has 1 atom stereocenters. The van der Waals surface area contributed by atoms with Crippen LogP contribution in [0.3, 0.4) is 0 Å². The molecule has 0 saturated carbocycles. The van der Waals surface area contributed by atoms with Gasteiger partial charge in [0.25, 0.3) is 0 Å². The van der Waals surface area contributed by atoms with Gasteiger partial charge in [-0.05, 0) is 24.8 Å². The molecule has 0 aliphatic heterocycles. The van der Waals surface area contributed by atoms with Gasteiger partial charge in [-0.15, -0.1) is 0 Å². The number of carboxylic acid groups (broad SMARTS) is 1. The van der Waals surface area contributed by atoms with Crippen LogP contribution < -0.4 is 10.6 Å². The highest BCUT2D eigenvalue weighted by Gasteiger charge is 2.21. The standard InChI is InChI=1S/C15H24N4O4/c1-10(2)8-12(15(22)23)18-14(21)9-16-13(20)5-4-11-6-7-17-19(11)3/h6-7,10,12H,4-5,8-9H2,1-3H3,(H,16,20)(H,18,21)(H,22,23)/t12-/m0/s1. The van der Waals surface area contributed by atoms with Crippen LogP contribution in [0.25, 0.3) is 0 Å². The van der Waals surface area contributed by atoms with Crippen molar-refractivity contribution in [2.45, 2.75) is 39.2 Å². The summed E-state index contributed by atoms with van der Waals surface area (Å²) in [7, 11) is 1.79. The summed E-state index contributed by atoms with van der Waals surface area (Å²) in [6.07, 6.45) is 2.76. The number of amides is 2. The molecule has 8 heteroatoms. The third-order valence-electron chi connectivity index (χ3n) is 3.32. The van der Waals surface area contributed by atoms with Crippen LogP contribution in [0.2, 0.25) is 0 Å². The molecule has 0 spiro atoms. The molecule has 1 aromatic heterocycles. The molecule has 0 aliphatic rings. The van der Waals surface area contributed by atoms with Gasteiger partial charge in [-0.2, -0.15) is 5.10 Å². The lowest BCUT2D eigenvalue weighted by atomic mass is 10.0. The summed E-state index contributed by atoms with van der Waals surface area (Å²) >= 11 is 0. The molecule has 8 nitrogen and oxygen atoms in total. The SMILES string of the molecule is CC(C)C[C@H](NC(=O)CNC(=O)CCc1ccnn1C)C(=O)O. The molecule has 0 saturated heterocycles. The van der Waals surface area contributed by atoms with E-state index in [2.05, 4.69) is 15.7 Å². The summed E-state index contributed by atoms with van der Waals surface area (Å²) < 4.78 is 1.68. The van der Waals surface area contributed by atoms with Crippen LogP contribution in [0.4, 0.5) is 0 Å². The van der Waals surface area contributed by atoms with Crippen molar-refractivity contribution < 1.29 is 19.5 Å². The average Bonchev–Trinajstić information content (AvgIpc) is 2.87. The molecular weight excluding hydrogens is 300 g/mol. The van der Waals surface area contributed by atoms with Crippen LogP contribution in [0.1, 0.15) is 32.4 Å². The molecular formula is C15H24N4O4. The second-order valence-electron chi connectivity index (χ2n) is 5.81. The zero-order valence-corrected chi connectivity index (χ0v) is 13.7. The van der Waals surface area contributed by atoms with Crippen molar-refractivity contribution in [1.29, 1.82) is 0 Å². The van der Waals surface area contributed by atoms with Crippen LogP contribution >= 0.6 is 0 Å². The van der Waals surface area contributed by atoms with E-state index in [-0.39, 0.29) is 24.8 Å². The third kappa shape index (κ3) is 6.94. The Labute approximate surface area is 135 Å². The fourth-order valence-electron chi connectivity index (χ4n) is 2.09. The Morgan fingerprint density at radius 2 is 2.00 bits per heavy atom. The maximum atomic E-state index is 11.7. The van der Waals surface area contributed by atoms with Gasteiger partial charge in [0.05, 0.1) is 6.54 Å². The van der Waals surface area contributed by atoms with E-state index in [0.717, 1.165) is 5.69 Å². The third-order valence-corrected chi connectivity index (χ3v) is 3.32. The van der Waals surface area contributed by atoms with Crippen molar-refractivity contribution in [1.82, 2.24) is 20.4 Å². The number of hydrogen-bond donors (Lipinski definition) is 3. The number of carbonyl (C=O) groups excluding carboxylic acids is 2. The van der Waals surface area contributed by atoms with Crippen molar-refractivity contribution in [2.24, 2.45) is 13.0 Å². The van der Waals surface area contributed by atoms with Crippen molar-refractivity contribution in [3.63, 3.8) is 0 Å². The van der Waals surface area contributed by atoms with Gasteiger partial charge in [-0.3, -0.25) is 14.3 Å².